The largest absolute Gasteiger partial charge is 0.486 e. The lowest BCUT2D eigenvalue weighted by Crippen LogP contribution is -1.98. The Labute approximate surface area is 192 Å². The smallest absolute Gasteiger partial charge is 0.338 e. The van der Waals surface area contributed by atoms with Crippen LogP contribution in [0.5, 0.6) is 5.75 Å². The molecule has 10 heteroatoms. The molecule has 1 heterocycles. The minimum Gasteiger partial charge on any atom is -0.486 e. The fourth-order valence-corrected chi connectivity index (χ4v) is 4.40. The Kier molecular flexibility index (Phi) is 7.00. The van der Waals surface area contributed by atoms with Gasteiger partial charge in [0.25, 0.3) is 0 Å². The van der Waals surface area contributed by atoms with Gasteiger partial charge in [0, 0.05) is 15.6 Å². The molecule has 0 aliphatic rings. The van der Waals surface area contributed by atoms with Crippen LogP contribution in [0.15, 0.2) is 43.8 Å². The Bertz CT molecular complexity index is 1090. The number of hydrogen-bond donors (Lipinski definition) is 0. The number of aromatic nitrogens is 1. The SMILES string of the molecule is Cc1noc(/C=C\c2cc(Br)c(OCc3ccc(Cl)cc3Cl)c(Br)c2)c1[N+](=O)[O-]. The van der Waals surface area contributed by atoms with E-state index in [0.717, 1.165) is 11.1 Å². The predicted octanol–water partition coefficient (Wildman–Crippen LogP) is 7.47. The summed E-state index contributed by atoms with van der Waals surface area (Å²) < 4.78 is 12.3. The summed E-state index contributed by atoms with van der Waals surface area (Å²) in [6, 6.07) is 8.83. The highest BCUT2D eigenvalue weighted by atomic mass is 79.9. The summed E-state index contributed by atoms with van der Waals surface area (Å²) in [6.07, 6.45) is 3.18. The molecule has 0 aliphatic heterocycles. The van der Waals surface area contributed by atoms with Crippen LogP contribution in [-0.2, 0) is 6.61 Å². The molecule has 3 rings (SSSR count). The molecule has 0 spiro atoms. The van der Waals surface area contributed by atoms with Crippen LogP contribution in [0.25, 0.3) is 12.2 Å². The maximum atomic E-state index is 11.1. The summed E-state index contributed by atoms with van der Waals surface area (Å²) in [5, 5.41) is 15.8. The fraction of sp³-hybridized carbons (Fsp3) is 0.105. The van der Waals surface area contributed by atoms with E-state index in [1.165, 1.54) is 13.0 Å². The topological polar surface area (TPSA) is 78.4 Å². The molecule has 2 aromatic carbocycles. The van der Waals surface area contributed by atoms with Crippen LogP contribution >= 0.6 is 55.1 Å². The van der Waals surface area contributed by atoms with E-state index in [-0.39, 0.29) is 23.7 Å². The molecule has 0 bridgehead atoms. The van der Waals surface area contributed by atoms with E-state index in [1.807, 2.05) is 12.1 Å². The van der Waals surface area contributed by atoms with Crippen molar-refractivity contribution in [2.24, 2.45) is 0 Å². The zero-order valence-electron chi connectivity index (χ0n) is 14.8. The lowest BCUT2D eigenvalue weighted by molar-refractivity contribution is -0.386. The van der Waals surface area contributed by atoms with E-state index in [4.69, 9.17) is 32.5 Å². The van der Waals surface area contributed by atoms with Crippen molar-refractivity contribution in [3.8, 4) is 5.75 Å². The lowest BCUT2D eigenvalue weighted by Gasteiger charge is -2.12. The normalized spacial score (nSPS) is 11.2. The van der Waals surface area contributed by atoms with Crippen molar-refractivity contribution in [2.45, 2.75) is 13.5 Å². The van der Waals surface area contributed by atoms with Crippen molar-refractivity contribution >= 4 is 72.9 Å². The van der Waals surface area contributed by atoms with E-state index < -0.39 is 4.92 Å². The summed E-state index contributed by atoms with van der Waals surface area (Å²) in [5.74, 6) is 0.673. The van der Waals surface area contributed by atoms with Crippen molar-refractivity contribution in [1.29, 1.82) is 0 Å². The summed E-state index contributed by atoms with van der Waals surface area (Å²) in [6.45, 7) is 1.77. The average molecular weight is 563 g/mol. The molecule has 6 nitrogen and oxygen atoms in total. The third-order valence-corrected chi connectivity index (χ3v) is 5.64. The van der Waals surface area contributed by atoms with Gasteiger partial charge in [-0.3, -0.25) is 10.1 Å². The summed E-state index contributed by atoms with van der Waals surface area (Å²) in [4.78, 5) is 10.6. The summed E-state index contributed by atoms with van der Waals surface area (Å²) >= 11 is 19.1. The molecule has 0 amide bonds. The molecule has 3 aromatic rings. The molecular weight excluding hydrogens is 551 g/mol. The maximum absolute atomic E-state index is 11.1. The van der Waals surface area contributed by atoms with Gasteiger partial charge in [-0.05, 0) is 74.7 Å². The number of aryl methyl sites for hydroxylation is 1. The average Bonchev–Trinajstić information content (AvgIpc) is 3.01. The zero-order chi connectivity index (χ0) is 21.1. The number of ether oxygens (including phenoxy) is 1. The van der Waals surface area contributed by atoms with Gasteiger partial charge in [0.15, 0.2) is 5.69 Å². The van der Waals surface area contributed by atoms with Crippen molar-refractivity contribution in [3.05, 3.63) is 82.0 Å². The monoisotopic (exact) mass is 560 g/mol. The van der Waals surface area contributed by atoms with E-state index in [9.17, 15) is 10.1 Å². The Morgan fingerprint density at radius 2 is 1.90 bits per heavy atom. The van der Waals surface area contributed by atoms with E-state index in [0.29, 0.717) is 24.7 Å². The Morgan fingerprint density at radius 1 is 1.21 bits per heavy atom. The first-order chi connectivity index (χ1) is 13.8. The van der Waals surface area contributed by atoms with E-state index in [1.54, 1.807) is 24.3 Å². The highest BCUT2D eigenvalue weighted by molar-refractivity contribution is 9.11. The quantitative estimate of drug-likeness (QED) is 0.230. The minimum atomic E-state index is -0.518. The van der Waals surface area contributed by atoms with Gasteiger partial charge in [0.1, 0.15) is 12.4 Å². The molecular formula is C19H12Br2Cl2N2O4. The van der Waals surface area contributed by atoms with Gasteiger partial charge in [-0.25, -0.2) is 0 Å². The first-order valence-electron chi connectivity index (χ1n) is 8.10. The maximum Gasteiger partial charge on any atom is 0.338 e. The number of nitro groups is 1. The Morgan fingerprint density at radius 3 is 2.52 bits per heavy atom. The van der Waals surface area contributed by atoms with Crippen LogP contribution in [0, 0.1) is 17.0 Å². The number of benzene rings is 2. The van der Waals surface area contributed by atoms with Crippen LogP contribution in [0.4, 0.5) is 5.69 Å². The van der Waals surface area contributed by atoms with Crippen molar-refractivity contribution in [3.63, 3.8) is 0 Å². The third kappa shape index (κ3) is 5.19. The molecule has 0 saturated carbocycles. The molecule has 29 heavy (non-hydrogen) atoms. The molecule has 0 N–H and O–H groups in total. The predicted molar refractivity (Wildman–Crippen MR) is 119 cm³/mol. The van der Waals surface area contributed by atoms with Gasteiger partial charge in [-0.15, -0.1) is 0 Å². The van der Waals surface area contributed by atoms with E-state index >= 15 is 0 Å². The number of hydrogen-bond acceptors (Lipinski definition) is 5. The van der Waals surface area contributed by atoms with Gasteiger partial charge in [-0.2, -0.15) is 0 Å². The zero-order valence-corrected chi connectivity index (χ0v) is 19.5. The first-order valence-corrected chi connectivity index (χ1v) is 10.4. The molecule has 1 aromatic heterocycles. The third-order valence-electron chi connectivity index (χ3n) is 3.87. The van der Waals surface area contributed by atoms with Gasteiger partial charge >= 0.3 is 5.69 Å². The van der Waals surface area contributed by atoms with Crippen LogP contribution < -0.4 is 4.74 Å². The van der Waals surface area contributed by atoms with Gasteiger partial charge < -0.3 is 9.26 Å². The molecule has 0 radical (unpaired) electrons. The summed E-state index contributed by atoms with van der Waals surface area (Å²) in [5.41, 5.74) is 1.64. The van der Waals surface area contributed by atoms with Gasteiger partial charge in [-0.1, -0.05) is 40.5 Å². The molecule has 0 aliphatic carbocycles. The number of nitrogens with zero attached hydrogens (tertiary/aromatic N) is 2. The summed E-state index contributed by atoms with van der Waals surface area (Å²) in [7, 11) is 0. The van der Waals surface area contributed by atoms with Crippen molar-refractivity contribution in [1.82, 2.24) is 5.16 Å². The number of halogens is 4. The van der Waals surface area contributed by atoms with E-state index in [2.05, 4.69) is 37.0 Å². The first kappa shape index (κ1) is 21.8. The lowest BCUT2D eigenvalue weighted by atomic mass is 10.2. The molecule has 0 saturated heterocycles. The second-order valence-electron chi connectivity index (χ2n) is 5.91. The van der Waals surface area contributed by atoms with Crippen LogP contribution in [-0.4, -0.2) is 10.1 Å². The second kappa shape index (κ2) is 9.30. The van der Waals surface area contributed by atoms with Gasteiger partial charge in [0.05, 0.1) is 13.9 Å². The fourth-order valence-electron chi connectivity index (χ4n) is 2.49. The molecule has 0 fully saturated rings. The molecule has 0 unspecified atom stereocenters. The van der Waals surface area contributed by atoms with Crippen LogP contribution in [0.3, 0.4) is 0 Å². The standard InChI is InChI=1S/C19H12Br2Cl2N2O4/c1-10-18(25(26)27)17(29-24-10)5-2-11-6-14(20)19(15(21)7-11)28-9-12-3-4-13(22)8-16(12)23/h2-8H,9H2,1H3/b5-2-. The highest BCUT2D eigenvalue weighted by Crippen LogP contribution is 2.36. The van der Waals surface area contributed by atoms with Crippen LogP contribution in [0.1, 0.15) is 22.6 Å². The van der Waals surface area contributed by atoms with Crippen molar-refractivity contribution < 1.29 is 14.2 Å². The Hall–Kier alpha value is -1.87. The van der Waals surface area contributed by atoms with Crippen molar-refractivity contribution in [2.75, 3.05) is 0 Å². The number of rotatable bonds is 6. The minimum absolute atomic E-state index is 0.0810. The second-order valence-corrected chi connectivity index (χ2v) is 8.46. The van der Waals surface area contributed by atoms with Gasteiger partial charge in [0.2, 0.25) is 5.76 Å². The highest BCUT2D eigenvalue weighted by Gasteiger charge is 2.22. The molecule has 0 atom stereocenters. The van der Waals surface area contributed by atoms with Crippen LogP contribution in [0.2, 0.25) is 10.0 Å². The molecule has 150 valence electrons. The Balaban J connectivity index is 1.80.